The van der Waals surface area contributed by atoms with Crippen molar-refractivity contribution in [3.63, 3.8) is 0 Å². The van der Waals surface area contributed by atoms with E-state index in [0.29, 0.717) is 22.4 Å². The number of nitrogens with zero attached hydrogens (tertiary/aromatic N) is 4. The fourth-order valence-corrected chi connectivity index (χ4v) is 6.75. The number of benzene rings is 7. The molecule has 294 valence electrons. The third-order valence-electron chi connectivity index (χ3n) is 9.98. The molecule has 0 aliphatic rings. The predicted molar refractivity (Wildman–Crippen MR) is 244 cm³/mol. The lowest BCUT2D eigenvalue weighted by Crippen LogP contribution is -2.09. The molecule has 0 spiro atoms. The van der Waals surface area contributed by atoms with Crippen molar-refractivity contribution in [2.75, 3.05) is 38.2 Å². The molecule has 0 amide bonds. The van der Waals surface area contributed by atoms with E-state index in [2.05, 4.69) is 45.0 Å². The molecule has 0 N–H and O–H groups in total. The molecule has 0 aliphatic heterocycles. The number of ether oxygens (including phenoxy) is 4. The second kappa shape index (κ2) is 18.8. The zero-order chi connectivity index (χ0) is 41.8. The fourth-order valence-electron chi connectivity index (χ4n) is 6.75. The molecule has 8 heteroatoms. The average Bonchev–Trinajstić information content (AvgIpc) is 3.32. The molecule has 0 heterocycles. The summed E-state index contributed by atoms with van der Waals surface area (Å²) in [6.07, 6.45) is 7.68. The highest BCUT2D eigenvalue weighted by Gasteiger charge is 2.15. The molecular formula is C52H42N4O4. The highest BCUT2D eigenvalue weighted by atomic mass is 16.5. The Morgan fingerprint density at radius 2 is 0.733 bits per heavy atom. The van der Waals surface area contributed by atoms with Crippen LogP contribution >= 0.6 is 0 Å². The zero-order valence-electron chi connectivity index (χ0n) is 33.7. The average molecular weight is 787 g/mol. The molecule has 0 fully saturated rings. The SMILES string of the molecule is [C-]#[N+]c1cc(/C=C/c2ccc(N(c3ccc(OC)cc3)c3ccc(OC)cc3)cc2)c(C#N)cc1/C=C/c1ccc(N(c2ccc(OC)cc2)c2ccc(OC)cc2)cc1. The van der Waals surface area contributed by atoms with Crippen molar-refractivity contribution < 1.29 is 18.9 Å². The maximum atomic E-state index is 10.2. The van der Waals surface area contributed by atoms with E-state index < -0.39 is 0 Å². The van der Waals surface area contributed by atoms with Gasteiger partial charge in [-0.05, 0) is 156 Å². The summed E-state index contributed by atoms with van der Waals surface area (Å²) in [5.41, 5.74) is 9.99. The van der Waals surface area contributed by atoms with Gasteiger partial charge in [0.1, 0.15) is 23.0 Å². The second-order valence-corrected chi connectivity index (χ2v) is 13.5. The molecule has 7 aromatic carbocycles. The summed E-state index contributed by atoms with van der Waals surface area (Å²) in [5, 5.41) is 10.2. The Kier molecular flexibility index (Phi) is 12.6. The molecule has 0 saturated carbocycles. The fraction of sp³-hybridized carbons (Fsp3) is 0.0769. The van der Waals surface area contributed by atoms with Crippen molar-refractivity contribution in [2.45, 2.75) is 0 Å². The van der Waals surface area contributed by atoms with E-state index in [-0.39, 0.29) is 0 Å². The molecule has 0 unspecified atom stereocenters. The van der Waals surface area contributed by atoms with Gasteiger partial charge in [-0.15, -0.1) is 0 Å². The predicted octanol–water partition coefficient (Wildman–Crippen LogP) is 13.4. The Bertz CT molecular complexity index is 2390. The highest BCUT2D eigenvalue weighted by Crippen LogP contribution is 2.38. The van der Waals surface area contributed by atoms with Crippen LogP contribution in [0.3, 0.4) is 0 Å². The van der Waals surface area contributed by atoms with E-state index in [1.807, 2.05) is 146 Å². The minimum atomic E-state index is 0.455. The lowest BCUT2D eigenvalue weighted by molar-refractivity contribution is 0.414. The zero-order valence-corrected chi connectivity index (χ0v) is 33.7. The third kappa shape index (κ3) is 9.16. The Balaban J connectivity index is 1.11. The van der Waals surface area contributed by atoms with E-state index >= 15 is 0 Å². The monoisotopic (exact) mass is 786 g/mol. The van der Waals surface area contributed by atoms with Crippen molar-refractivity contribution in [1.29, 1.82) is 5.26 Å². The molecule has 0 aliphatic carbocycles. The first-order valence-electron chi connectivity index (χ1n) is 19.1. The van der Waals surface area contributed by atoms with Crippen LogP contribution in [-0.4, -0.2) is 28.4 Å². The normalized spacial score (nSPS) is 10.8. The van der Waals surface area contributed by atoms with Gasteiger partial charge in [-0.2, -0.15) is 5.26 Å². The molecule has 7 aromatic rings. The smallest absolute Gasteiger partial charge is 0.194 e. The first-order valence-corrected chi connectivity index (χ1v) is 19.1. The van der Waals surface area contributed by atoms with Crippen molar-refractivity contribution in [3.8, 4) is 29.1 Å². The molecule has 0 bridgehead atoms. The summed E-state index contributed by atoms with van der Waals surface area (Å²) in [4.78, 5) is 8.13. The minimum Gasteiger partial charge on any atom is -0.497 e. The first-order chi connectivity index (χ1) is 29.4. The van der Waals surface area contributed by atoms with Crippen LogP contribution in [-0.2, 0) is 0 Å². The minimum absolute atomic E-state index is 0.455. The van der Waals surface area contributed by atoms with Gasteiger partial charge >= 0.3 is 0 Å². The maximum Gasteiger partial charge on any atom is 0.194 e. The van der Waals surface area contributed by atoms with Gasteiger partial charge in [-0.25, -0.2) is 4.85 Å². The van der Waals surface area contributed by atoms with Crippen LogP contribution in [0.25, 0.3) is 29.1 Å². The quantitative estimate of drug-likeness (QED) is 0.0803. The summed E-state index contributed by atoms with van der Waals surface area (Å²) in [6, 6.07) is 53.9. The number of methoxy groups -OCH3 is 4. The Morgan fingerprint density at radius 3 is 1.02 bits per heavy atom. The topological polar surface area (TPSA) is 71.6 Å². The standard InChI is InChI=1S/C52H42N4O4/c1-54-52-35-39(12-6-37-8-14-42(15-9-37)55(44-18-26-48(57-2)27-19-44)45-20-28-49(58-3)29-21-45)41(36-53)34-40(52)13-7-38-10-16-43(17-11-38)56(46-22-30-50(59-4)31-23-46)47-24-32-51(60-5)33-25-47/h6-35H,2-5H3/b12-6+,13-7+. The lowest BCUT2D eigenvalue weighted by Gasteiger charge is -2.26. The largest absolute Gasteiger partial charge is 0.497 e. The summed E-state index contributed by atoms with van der Waals surface area (Å²) in [7, 11) is 6.62. The molecule has 0 saturated heterocycles. The van der Waals surface area contributed by atoms with Crippen LogP contribution in [0.4, 0.5) is 39.8 Å². The van der Waals surface area contributed by atoms with Crippen molar-refractivity contribution in [3.05, 3.63) is 197 Å². The van der Waals surface area contributed by atoms with Gasteiger partial charge in [0.05, 0.1) is 46.6 Å². The van der Waals surface area contributed by atoms with Gasteiger partial charge in [0, 0.05) is 34.1 Å². The molecule has 8 nitrogen and oxygen atoms in total. The van der Waals surface area contributed by atoms with Crippen LogP contribution in [0.15, 0.2) is 158 Å². The van der Waals surface area contributed by atoms with Crippen LogP contribution in [0.1, 0.15) is 27.8 Å². The number of anilines is 6. The first kappa shape index (κ1) is 40.0. The molecule has 0 radical (unpaired) electrons. The van der Waals surface area contributed by atoms with Crippen molar-refractivity contribution in [1.82, 2.24) is 0 Å². The van der Waals surface area contributed by atoms with Crippen molar-refractivity contribution >= 4 is 64.1 Å². The number of hydrogen-bond acceptors (Lipinski definition) is 7. The van der Waals surface area contributed by atoms with E-state index in [0.717, 1.165) is 68.2 Å². The van der Waals surface area contributed by atoms with Gasteiger partial charge in [0.25, 0.3) is 0 Å². The third-order valence-corrected chi connectivity index (χ3v) is 9.98. The lowest BCUT2D eigenvalue weighted by atomic mass is 10.0. The number of rotatable bonds is 14. The maximum absolute atomic E-state index is 10.2. The van der Waals surface area contributed by atoms with E-state index in [4.69, 9.17) is 25.5 Å². The van der Waals surface area contributed by atoms with Gasteiger partial charge in [-0.1, -0.05) is 48.6 Å². The van der Waals surface area contributed by atoms with Gasteiger partial charge in [-0.3, -0.25) is 0 Å². The Hall–Kier alpha value is -8.20. The molecule has 7 rings (SSSR count). The summed E-state index contributed by atoms with van der Waals surface area (Å²) in [6.45, 7) is 7.97. The molecule has 0 aromatic heterocycles. The van der Waals surface area contributed by atoms with Crippen molar-refractivity contribution in [2.24, 2.45) is 0 Å². The summed E-state index contributed by atoms with van der Waals surface area (Å²) >= 11 is 0. The van der Waals surface area contributed by atoms with E-state index in [1.54, 1.807) is 40.6 Å². The van der Waals surface area contributed by atoms with Crippen LogP contribution in [0.2, 0.25) is 0 Å². The Labute approximate surface area is 351 Å². The van der Waals surface area contributed by atoms with E-state index in [1.165, 1.54) is 0 Å². The van der Waals surface area contributed by atoms with Crippen LogP contribution in [0, 0.1) is 17.9 Å². The van der Waals surface area contributed by atoms with Crippen LogP contribution in [0.5, 0.6) is 23.0 Å². The molecular weight excluding hydrogens is 745 g/mol. The van der Waals surface area contributed by atoms with E-state index in [9.17, 15) is 5.26 Å². The number of nitriles is 1. The Morgan fingerprint density at radius 1 is 0.433 bits per heavy atom. The van der Waals surface area contributed by atoms with Gasteiger partial charge < -0.3 is 28.7 Å². The van der Waals surface area contributed by atoms with Gasteiger partial charge in [0.2, 0.25) is 0 Å². The van der Waals surface area contributed by atoms with Gasteiger partial charge in [0.15, 0.2) is 5.69 Å². The summed E-state index contributed by atoms with van der Waals surface area (Å²) in [5.74, 6) is 3.12. The molecule has 60 heavy (non-hydrogen) atoms. The molecule has 0 atom stereocenters. The van der Waals surface area contributed by atoms with Crippen LogP contribution < -0.4 is 28.7 Å². The highest BCUT2D eigenvalue weighted by molar-refractivity contribution is 5.84. The second-order valence-electron chi connectivity index (χ2n) is 13.5. The summed E-state index contributed by atoms with van der Waals surface area (Å²) < 4.78 is 21.6. The number of hydrogen-bond donors (Lipinski definition) is 0.